The van der Waals surface area contributed by atoms with Crippen LogP contribution in [0.4, 0.5) is 0 Å². The molecule has 1 aliphatic carbocycles. The van der Waals surface area contributed by atoms with E-state index in [1.165, 1.54) is 19.3 Å². The molecule has 0 aliphatic heterocycles. The molecule has 2 nitrogen and oxygen atoms in total. The fourth-order valence-corrected chi connectivity index (χ4v) is 1.85. The minimum absolute atomic E-state index is 0.568. The average molecular weight is 190 g/mol. The molecule has 0 heterocycles. The Kier molecular flexibility index (Phi) is 7.86. The van der Waals surface area contributed by atoms with Crippen molar-refractivity contribution < 1.29 is 8.85 Å². The van der Waals surface area contributed by atoms with Crippen LogP contribution in [0.3, 0.4) is 0 Å². The van der Waals surface area contributed by atoms with E-state index >= 15 is 0 Å². The average Bonchev–Trinajstić information content (AvgIpc) is 2.38. The summed E-state index contributed by atoms with van der Waals surface area (Å²) in [7, 11) is 2.73. The lowest BCUT2D eigenvalue weighted by molar-refractivity contribution is 0.309. The van der Waals surface area contributed by atoms with Crippen LogP contribution in [0.2, 0.25) is 0 Å². The fourth-order valence-electron chi connectivity index (χ4n) is 1.61. The van der Waals surface area contributed by atoms with Gasteiger partial charge in [0.05, 0.1) is 0 Å². The van der Waals surface area contributed by atoms with E-state index in [9.17, 15) is 0 Å². The van der Waals surface area contributed by atoms with Gasteiger partial charge in [-0.1, -0.05) is 26.7 Å². The molecule has 1 aliphatic rings. The molecule has 1 saturated carbocycles. The molecule has 0 aromatic heterocycles. The highest BCUT2D eigenvalue weighted by atomic mass is 28.3. The summed E-state index contributed by atoms with van der Waals surface area (Å²) in [6, 6.07) is 0. The van der Waals surface area contributed by atoms with Crippen LogP contribution in [-0.2, 0) is 8.85 Å². The molecule has 0 N–H and O–H groups in total. The van der Waals surface area contributed by atoms with Gasteiger partial charge < -0.3 is 8.85 Å². The minimum atomic E-state index is -0.568. The van der Waals surface area contributed by atoms with E-state index in [0.29, 0.717) is 0 Å². The zero-order valence-electron chi connectivity index (χ0n) is 8.80. The van der Waals surface area contributed by atoms with Crippen molar-refractivity contribution in [1.29, 1.82) is 0 Å². The van der Waals surface area contributed by atoms with Crippen molar-refractivity contribution in [3.63, 3.8) is 0 Å². The normalized spacial score (nSPS) is 28.0. The molecule has 0 amide bonds. The van der Waals surface area contributed by atoms with Crippen LogP contribution in [0.25, 0.3) is 0 Å². The van der Waals surface area contributed by atoms with Crippen LogP contribution in [0.5, 0.6) is 0 Å². The van der Waals surface area contributed by atoms with Gasteiger partial charge in [-0.05, 0) is 18.3 Å². The number of rotatable bonds is 2. The Labute approximate surface area is 78.7 Å². The van der Waals surface area contributed by atoms with E-state index in [-0.39, 0.29) is 0 Å². The molecular formula is C9H22O2Si. The summed E-state index contributed by atoms with van der Waals surface area (Å²) in [5.41, 5.74) is 0. The van der Waals surface area contributed by atoms with Gasteiger partial charge in [0.15, 0.2) is 0 Å². The topological polar surface area (TPSA) is 18.5 Å². The van der Waals surface area contributed by atoms with Crippen molar-refractivity contribution >= 4 is 10.0 Å². The van der Waals surface area contributed by atoms with Crippen LogP contribution in [-0.4, -0.2) is 24.2 Å². The molecule has 0 spiro atoms. The molecule has 12 heavy (non-hydrogen) atoms. The van der Waals surface area contributed by atoms with Gasteiger partial charge in [0, 0.05) is 14.2 Å². The van der Waals surface area contributed by atoms with Gasteiger partial charge in [-0.15, -0.1) is 0 Å². The first-order chi connectivity index (χ1) is 5.70. The third-order valence-electron chi connectivity index (χ3n) is 2.19. The van der Waals surface area contributed by atoms with Crippen LogP contribution < -0.4 is 0 Å². The van der Waals surface area contributed by atoms with Gasteiger partial charge in [0.25, 0.3) is 0 Å². The first kappa shape index (κ1) is 12.1. The third-order valence-corrected chi connectivity index (χ3v) is 2.66. The standard InChI is InChI=1S/C7H14.C2H8O2Si/c1-6-3-4-7(2)5-6;1-3-5-4-2/h6-7H,3-5H2,1-2H3;5H2,1-2H3. The number of hydrogen-bond acceptors (Lipinski definition) is 2. The Morgan fingerprint density at radius 2 is 1.42 bits per heavy atom. The molecular weight excluding hydrogens is 168 g/mol. The van der Waals surface area contributed by atoms with Gasteiger partial charge in [0.2, 0.25) is 0 Å². The second kappa shape index (κ2) is 7.77. The van der Waals surface area contributed by atoms with Crippen molar-refractivity contribution in [2.24, 2.45) is 11.8 Å². The van der Waals surface area contributed by atoms with E-state index in [4.69, 9.17) is 0 Å². The fraction of sp³-hybridized carbons (Fsp3) is 1.00. The predicted octanol–water partition coefficient (Wildman–Crippen LogP) is 1.72. The van der Waals surface area contributed by atoms with Crippen LogP contribution in [0.1, 0.15) is 33.1 Å². The largest absolute Gasteiger partial charge is 0.402 e. The predicted molar refractivity (Wildman–Crippen MR) is 54.7 cm³/mol. The first-order valence-electron chi connectivity index (χ1n) is 4.68. The maximum atomic E-state index is 4.61. The highest BCUT2D eigenvalue weighted by molar-refractivity contribution is 6.17. The summed E-state index contributed by atoms with van der Waals surface area (Å²) in [5, 5.41) is 0. The van der Waals surface area contributed by atoms with Gasteiger partial charge in [-0.3, -0.25) is 0 Å². The molecule has 0 aromatic rings. The summed E-state index contributed by atoms with van der Waals surface area (Å²) in [4.78, 5) is 0. The van der Waals surface area contributed by atoms with E-state index in [0.717, 1.165) is 11.8 Å². The van der Waals surface area contributed by atoms with E-state index in [1.807, 2.05) is 0 Å². The summed E-state index contributed by atoms with van der Waals surface area (Å²) < 4.78 is 9.22. The second-order valence-electron chi connectivity index (χ2n) is 3.72. The van der Waals surface area contributed by atoms with Gasteiger partial charge in [0.1, 0.15) is 0 Å². The summed E-state index contributed by atoms with van der Waals surface area (Å²) >= 11 is 0. The van der Waals surface area contributed by atoms with Crippen LogP contribution in [0, 0.1) is 11.8 Å². The van der Waals surface area contributed by atoms with Gasteiger partial charge in [-0.25, -0.2) is 0 Å². The third kappa shape index (κ3) is 6.82. The van der Waals surface area contributed by atoms with Gasteiger partial charge >= 0.3 is 10.0 Å². The zero-order valence-corrected chi connectivity index (χ0v) is 10.2. The van der Waals surface area contributed by atoms with Crippen molar-refractivity contribution in [2.75, 3.05) is 14.2 Å². The Hall–Kier alpha value is 0.137. The SMILES string of the molecule is CC1CCC(C)C1.CO[SiH2]OC. The molecule has 0 radical (unpaired) electrons. The molecule has 0 bridgehead atoms. The van der Waals surface area contributed by atoms with Crippen molar-refractivity contribution in [3.05, 3.63) is 0 Å². The van der Waals surface area contributed by atoms with Gasteiger partial charge in [-0.2, -0.15) is 0 Å². The smallest absolute Gasteiger partial charge is 0.303 e. The Morgan fingerprint density at radius 1 is 1.00 bits per heavy atom. The highest BCUT2D eigenvalue weighted by Crippen LogP contribution is 2.29. The molecule has 2 atom stereocenters. The van der Waals surface area contributed by atoms with E-state index in [1.54, 1.807) is 14.2 Å². The van der Waals surface area contributed by atoms with Crippen molar-refractivity contribution in [3.8, 4) is 0 Å². The lowest BCUT2D eigenvalue weighted by atomic mass is 10.1. The van der Waals surface area contributed by atoms with E-state index < -0.39 is 10.0 Å². The summed E-state index contributed by atoms with van der Waals surface area (Å²) in [5.74, 6) is 2.05. The molecule has 74 valence electrons. The Bertz CT molecular complexity index is 88.5. The molecule has 1 rings (SSSR count). The zero-order chi connectivity index (χ0) is 9.40. The Balaban J connectivity index is 0.000000217. The highest BCUT2D eigenvalue weighted by Gasteiger charge is 2.15. The monoisotopic (exact) mass is 190 g/mol. The first-order valence-corrected chi connectivity index (χ1v) is 5.84. The minimum Gasteiger partial charge on any atom is -0.402 e. The quantitative estimate of drug-likeness (QED) is 0.617. The molecule has 2 unspecified atom stereocenters. The van der Waals surface area contributed by atoms with Crippen LogP contribution >= 0.6 is 0 Å². The lowest BCUT2D eigenvalue weighted by Gasteiger charge is -1.96. The van der Waals surface area contributed by atoms with Crippen molar-refractivity contribution in [1.82, 2.24) is 0 Å². The van der Waals surface area contributed by atoms with Crippen LogP contribution in [0.15, 0.2) is 0 Å². The second-order valence-corrected chi connectivity index (χ2v) is 5.11. The molecule has 0 saturated heterocycles. The number of hydrogen-bond donors (Lipinski definition) is 0. The molecule has 3 heteroatoms. The van der Waals surface area contributed by atoms with Crippen molar-refractivity contribution in [2.45, 2.75) is 33.1 Å². The molecule has 1 fully saturated rings. The van der Waals surface area contributed by atoms with E-state index in [2.05, 4.69) is 22.7 Å². The summed E-state index contributed by atoms with van der Waals surface area (Å²) in [6.45, 7) is 4.70. The Morgan fingerprint density at radius 3 is 1.50 bits per heavy atom. The maximum Gasteiger partial charge on any atom is 0.303 e. The molecule has 0 aromatic carbocycles. The lowest BCUT2D eigenvalue weighted by Crippen LogP contribution is -1.93. The maximum absolute atomic E-state index is 4.61. The summed E-state index contributed by atoms with van der Waals surface area (Å²) in [6.07, 6.45) is 4.42.